The Morgan fingerprint density at radius 2 is 1.84 bits per heavy atom. The van der Waals surface area contributed by atoms with E-state index in [0.717, 1.165) is 36.6 Å². The number of carbonyl (C=O) groups is 2. The fourth-order valence-electron chi connectivity index (χ4n) is 3.23. The number of non-ortho nitro benzene ring substituents is 1. The van der Waals surface area contributed by atoms with Crippen LogP contribution in [0.25, 0.3) is 0 Å². The molecule has 2 aliphatic heterocycles. The van der Waals surface area contributed by atoms with Crippen LogP contribution >= 0.6 is 0 Å². The first-order valence-electron chi connectivity index (χ1n) is 8.22. The number of nitrogens with one attached hydrogen (secondary N) is 1. The van der Waals surface area contributed by atoms with E-state index < -0.39 is 4.92 Å². The van der Waals surface area contributed by atoms with Gasteiger partial charge in [0.15, 0.2) is 0 Å². The summed E-state index contributed by atoms with van der Waals surface area (Å²) >= 11 is 0. The Morgan fingerprint density at radius 1 is 1.20 bits per heavy atom. The number of rotatable bonds is 4. The average molecular weight is 347 g/mol. The predicted octanol–water partition coefficient (Wildman–Crippen LogP) is 0.610. The smallest absolute Gasteiger partial charge is 0.314 e. The topological polar surface area (TPSA) is 99.0 Å². The van der Waals surface area contributed by atoms with Crippen LogP contribution in [0.3, 0.4) is 0 Å². The normalized spacial score (nSPS) is 22.4. The summed E-state index contributed by atoms with van der Waals surface area (Å²) in [5.41, 5.74) is 0.807. The van der Waals surface area contributed by atoms with Crippen LogP contribution < -0.4 is 5.32 Å². The van der Waals surface area contributed by atoms with E-state index >= 15 is 0 Å². The first-order valence-corrected chi connectivity index (χ1v) is 8.22. The Labute approximate surface area is 145 Å². The molecule has 1 aromatic carbocycles. The van der Waals surface area contributed by atoms with E-state index in [9.17, 15) is 19.7 Å². The molecule has 25 heavy (non-hydrogen) atoms. The third-order valence-electron chi connectivity index (χ3n) is 4.70. The number of hydrogen-bond donors (Lipinski definition) is 1. The first-order chi connectivity index (χ1) is 12.0. The summed E-state index contributed by atoms with van der Waals surface area (Å²) in [7, 11) is 1.49. The van der Waals surface area contributed by atoms with Crippen molar-refractivity contribution >= 4 is 17.6 Å². The number of piperazine rings is 1. The van der Waals surface area contributed by atoms with Gasteiger partial charge in [0, 0.05) is 51.9 Å². The number of carbonyl (C=O) groups excluding carboxylic acids is 2. The molecule has 0 bridgehead atoms. The zero-order valence-corrected chi connectivity index (χ0v) is 14.1. The molecule has 134 valence electrons. The molecule has 0 saturated carbocycles. The van der Waals surface area contributed by atoms with Crippen LogP contribution in [0.5, 0.6) is 0 Å². The second kappa shape index (κ2) is 7.16. The maximum Gasteiger partial charge on any atom is 0.328 e. The van der Waals surface area contributed by atoms with E-state index in [2.05, 4.69) is 10.2 Å². The summed E-state index contributed by atoms with van der Waals surface area (Å²) in [6.45, 7) is 3.49. The molecule has 1 unspecified atom stereocenters. The van der Waals surface area contributed by atoms with Gasteiger partial charge in [-0.15, -0.1) is 0 Å². The van der Waals surface area contributed by atoms with Gasteiger partial charge in [0.2, 0.25) is 5.91 Å². The maximum absolute atomic E-state index is 12.6. The van der Waals surface area contributed by atoms with Gasteiger partial charge >= 0.3 is 6.03 Å². The van der Waals surface area contributed by atoms with Gasteiger partial charge in [-0.3, -0.25) is 24.7 Å². The zero-order chi connectivity index (χ0) is 18.0. The summed E-state index contributed by atoms with van der Waals surface area (Å²) in [4.78, 5) is 40.1. The van der Waals surface area contributed by atoms with Crippen LogP contribution in [0.2, 0.25) is 0 Å². The van der Waals surface area contributed by atoms with E-state index in [-0.39, 0.29) is 30.2 Å². The van der Waals surface area contributed by atoms with Crippen LogP contribution in [-0.4, -0.2) is 71.0 Å². The molecule has 0 radical (unpaired) electrons. The van der Waals surface area contributed by atoms with Gasteiger partial charge in [-0.05, 0) is 5.56 Å². The van der Waals surface area contributed by atoms with Gasteiger partial charge in [-0.1, -0.05) is 12.1 Å². The molecule has 9 nitrogen and oxygen atoms in total. The quantitative estimate of drug-likeness (QED) is 0.633. The number of nitro benzene ring substituents is 1. The lowest BCUT2D eigenvalue weighted by molar-refractivity contribution is -0.384. The average Bonchev–Trinajstić information content (AvgIpc) is 2.63. The minimum atomic E-state index is -0.453. The SMILES string of the molecule is CN1C(=O)CC(N2CCNCC2)N(Cc2ccc([N+](=O)[O-])cc2)C1=O. The van der Waals surface area contributed by atoms with E-state index in [1.165, 1.54) is 19.2 Å². The largest absolute Gasteiger partial charge is 0.328 e. The molecular formula is C16H21N5O4. The highest BCUT2D eigenvalue weighted by Crippen LogP contribution is 2.23. The third-order valence-corrected chi connectivity index (χ3v) is 4.70. The fourth-order valence-corrected chi connectivity index (χ4v) is 3.23. The number of benzene rings is 1. The standard InChI is InChI=1S/C16H21N5O4/c1-18-15(22)10-14(19-8-6-17-7-9-19)20(16(18)23)11-12-2-4-13(5-3-12)21(24)25/h2-5,14,17H,6-11H2,1H3. The highest BCUT2D eigenvalue weighted by atomic mass is 16.6. The summed E-state index contributed by atoms with van der Waals surface area (Å²) < 4.78 is 0. The zero-order valence-electron chi connectivity index (χ0n) is 14.1. The molecule has 2 aliphatic rings. The lowest BCUT2D eigenvalue weighted by atomic mass is 10.1. The Bertz CT molecular complexity index is 672. The molecule has 1 atom stereocenters. The summed E-state index contributed by atoms with van der Waals surface area (Å²) in [5.74, 6) is -0.187. The second-order valence-corrected chi connectivity index (χ2v) is 6.26. The van der Waals surface area contributed by atoms with E-state index in [4.69, 9.17) is 0 Å². The fraction of sp³-hybridized carbons (Fsp3) is 0.500. The van der Waals surface area contributed by atoms with Crippen LogP contribution in [0.15, 0.2) is 24.3 Å². The number of nitrogens with zero attached hydrogens (tertiary/aromatic N) is 4. The van der Waals surface area contributed by atoms with Crippen LogP contribution in [0, 0.1) is 10.1 Å². The van der Waals surface area contributed by atoms with Crippen molar-refractivity contribution in [3.8, 4) is 0 Å². The monoisotopic (exact) mass is 347 g/mol. The second-order valence-electron chi connectivity index (χ2n) is 6.26. The number of nitro groups is 1. The van der Waals surface area contributed by atoms with Gasteiger partial charge in [-0.25, -0.2) is 4.79 Å². The molecule has 9 heteroatoms. The highest BCUT2D eigenvalue weighted by Gasteiger charge is 2.39. The van der Waals surface area contributed by atoms with Gasteiger partial charge in [0.05, 0.1) is 17.5 Å². The molecular weight excluding hydrogens is 326 g/mol. The van der Waals surface area contributed by atoms with Gasteiger partial charge in [0.25, 0.3) is 5.69 Å². The molecule has 0 aliphatic carbocycles. The van der Waals surface area contributed by atoms with E-state index in [0.29, 0.717) is 6.54 Å². The Kier molecular flexibility index (Phi) is 4.95. The summed E-state index contributed by atoms with van der Waals surface area (Å²) in [6, 6.07) is 5.82. The molecule has 2 saturated heterocycles. The van der Waals surface area contributed by atoms with Crippen molar-refractivity contribution in [1.82, 2.24) is 20.0 Å². The molecule has 3 rings (SSSR count). The van der Waals surface area contributed by atoms with Crippen molar-refractivity contribution in [2.45, 2.75) is 19.1 Å². The number of amides is 3. The number of imide groups is 1. The van der Waals surface area contributed by atoms with Crippen molar-refractivity contribution in [3.63, 3.8) is 0 Å². The third kappa shape index (κ3) is 3.62. The van der Waals surface area contributed by atoms with Gasteiger partial charge in [-0.2, -0.15) is 0 Å². The summed E-state index contributed by atoms with van der Waals surface area (Å²) in [6.07, 6.45) is -0.0247. The van der Waals surface area contributed by atoms with Crippen LogP contribution in [0.1, 0.15) is 12.0 Å². The Morgan fingerprint density at radius 3 is 2.44 bits per heavy atom. The minimum Gasteiger partial charge on any atom is -0.314 e. The lowest BCUT2D eigenvalue weighted by Crippen LogP contribution is -2.63. The predicted molar refractivity (Wildman–Crippen MR) is 89.7 cm³/mol. The molecule has 1 N–H and O–H groups in total. The van der Waals surface area contributed by atoms with Crippen molar-refractivity contribution < 1.29 is 14.5 Å². The van der Waals surface area contributed by atoms with Crippen LogP contribution in [0.4, 0.5) is 10.5 Å². The minimum absolute atomic E-state index is 0.0136. The van der Waals surface area contributed by atoms with E-state index in [1.54, 1.807) is 17.0 Å². The summed E-state index contributed by atoms with van der Waals surface area (Å²) in [5, 5.41) is 14.0. The molecule has 2 fully saturated rings. The highest BCUT2D eigenvalue weighted by molar-refractivity contribution is 5.96. The van der Waals surface area contributed by atoms with Crippen molar-refractivity contribution in [3.05, 3.63) is 39.9 Å². The molecule has 3 amide bonds. The Balaban J connectivity index is 1.81. The van der Waals surface area contributed by atoms with Crippen molar-refractivity contribution in [1.29, 1.82) is 0 Å². The number of urea groups is 1. The van der Waals surface area contributed by atoms with E-state index in [1.807, 2.05) is 0 Å². The van der Waals surface area contributed by atoms with Crippen molar-refractivity contribution in [2.24, 2.45) is 0 Å². The molecule has 0 aromatic heterocycles. The number of hydrogen-bond acceptors (Lipinski definition) is 6. The van der Waals surface area contributed by atoms with Crippen molar-refractivity contribution in [2.75, 3.05) is 33.2 Å². The molecule has 0 spiro atoms. The maximum atomic E-state index is 12.6. The van der Waals surface area contributed by atoms with Gasteiger partial charge < -0.3 is 10.2 Å². The molecule has 2 heterocycles. The van der Waals surface area contributed by atoms with Crippen LogP contribution in [-0.2, 0) is 11.3 Å². The lowest BCUT2D eigenvalue weighted by Gasteiger charge is -2.45. The first kappa shape index (κ1) is 17.3. The molecule has 1 aromatic rings. The van der Waals surface area contributed by atoms with Gasteiger partial charge in [0.1, 0.15) is 0 Å². The Hall–Kier alpha value is -2.52.